The number of carbonyl (C=O) groups is 1. The van der Waals surface area contributed by atoms with Gasteiger partial charge in [-0.3, -0.25) is 9.78 Å². The monoisotopic (exact) mass is 266 g/mol. The SMILES string of the molecule is CC1(c2ccccn2)CC(=O)NC1Cc1ccccc1. The van der Waals surface area contributed by atoms with Crippen LogP contribution in [0.3, 0.4) is 0 Å². The summed E-state index contributed by atoms with van der Waals surface area (Å²) >= 11 is 0. The van der Waals surface area contributed by atoms with Crippen LogP contribution in [0.5, 0.6) is 0 Å². The molecule has 0 radical (unpaired) electrons. The van der Waals surface area contributed by atoms with E-state index >= 15 is 0 Å². The Morgan fingerprint density at radius 1 is 1.20 bits per heavy atom. The Morgan fingerprint density at radius 2 is 1.95 bits per heavy atom. The van der Waals surface area contributed by atoms with Gasteiger partial charge in [0.25, 0.3) is 0 Å². The lowest BCUT2D eigenvalue weighted by Gasteiger charge is -2.29. The highest BCUT2D eigenvalue weighted by Crippen LogP contribution is 2.35. The van der Waals surface area contributed by atoms with Crippen LogP contribution in [-0.2, 0) is 16.6 Å². The van der Waals surface area contributed by atoms with Crippen LogP contribution in [0.25, 0.3) is 0 Å². The van der Waals surface area contributed by atoms with E-state index in [-0.39, 0.29) is 17.4 Å². The van der Waals surface area contributed by atoms with Crippen molar-refractivity contribution in [1.29, 1.82) is 0 Å². The van der Waals surface area contributed by atoms with Gasteiger partial charge in [0.05, 0.1) is 0 Å². The first-order chi connectivity index (χ1) is 9.68. The van der Waals surface area contributed by atoms with E-state index in [1.54, 1.807) is 6.20 Å². The Kier molecular flexibility index (Phi) is 3.26. The lowest BCUT2D eigenvalue weighted by atomic mass is 9.76. The smallest absolute Gasteiger partial charge is 0.221 e. The van der Waals surface area contributed by atoms with Crippen LogP contribution in [0.15, 0.2) is 54.7 Å². The first-order valence-electron chi connectivity index (χ1n) is 6.93. The number of carbonyl (C=O) groups excluding carboxylic acids is 1. The molecular formula is C17H18N2O. The summed E-state index contributed by atoms with van der Waals surface area (Å²) in [5, 5.41) is 3.11. The molecule has 0 bridgehead atoms. The maximum Gasteiger partial charge on any atom is 0.221 e. The van der Waals surface area contributed by atoms with Gasteiger partial charge in [0.15, 0.2) is 0 Å². The van der Waals surface area contributed by atoms with Crippen molar-refractivity contribution in [2.45, 2.75) is 31.2 Å². The third-order valence-corrected chi connectivity index (χ3v) is 4.16. The fourth-order valence-corrected chi connectivity index (χ4v) is 2.96. The molecule has 1 fully saturated rings. The first kappa shape index (κ1) is 12.9. The Bertz CT molecular complexity index is 597. The van der Waals surface area contributed by atoms with Crippen LogP contribution in [-0.4, -0.2) is 16.9 Å². The standard InChI is InChI=1S/C17H18N2O/c1-17(14-9-5-6-10-18-14)12-16(20)19-15(17)11-13-7-3-2-4-8-13/h2-10,15H,11-12H2,1H3,(H,19,20). The molecule has 0 spiro atoms. The fraction of sp³-hybridized carbons (Fsp3) is 0.294. The maximum atomic E-state index is 11.9. The summed E-state index contributed by atoms with van der Waals surface area (Å²) in [5.74, 6) is 0.110. The van der Waals surface area contributed by atoms with Gasteiger partial charge in [0.1, 0.15) is 0 Å². The van der Waals surface area contributed by atoms with Gasteiger partial charge in [-0.2, -0.15) is 0 Å². The Labute approximate surface area is 119 Å². The molecule has 1 N–H and O–H groups in total. The zero-order valence-corrected chi connectivity index (χ0v) is 11.5. The summed E-state index contributed by atoms with van der Waals surface area (Å²) in [6, 6.07) is 16.3. The Balaban J connectivity index is 1.91. The van der Waals surface area contributed by atoms with E-state index in [1.807, 2.05) is 36.4 Å². The molecule has 1 aliphatic heterocycles. The van der Waals surface area contributed by atoms with E-state index in [0.29, 0.717) is 6.42 Å². The molecule has 1 aliphatic rings. The van der Waals surface area contributed by atoms with Gasteiger partial charge in [-0.1, -0.05) is 43.3 Å². The van der Waals surface area contributed by atoms with Crippen LogP contribution < -0.4 is 5.32 Å². The van der Waals surface area contributed by atoms with Crippen LogP contribution in [0.1, 0.15) is 24.6 Å². The first-order valence-corrected chi connectivity index (χ1v) is 6.93. The maximum absolute atomic E-state index is 11.9. The fourth-order valence-electron chi connectivity index (χ4n) is 2.96. The van der Waals surface area contributed by atoms with E-state index in [0.717, 1.165) is 12.1 Å². The van der Waals surface area contributed by atoms with Gasteiger partial charge < -0.3 is 5.32 Å². The lowest BCUT2D eigenvalue weighted by Crippen LogP contribution is -2.40. The van der Waals surface area contributed by atoms with E-state index in [9.17, 15) is 4.79 Å². The Morgan fingerprint density at radius 3 is 2.65 bits per heavy atom. The second-order valence-corrected chi connectivity index (χ2v) is 5.62. The van der Waals surface area contributed by atoms with E-state index in [2.05, 4.69) is 29.4 Å². The normalized spacial score (nSPS) is 25.4. The second kappa shape index (κ2) is 5.08. The van der Waals surface area contributed by atoms with Crippen LogP contribution in [0.4, 0.5) is 0 Å². The molecule has 2 heterocycles. The Hall–Kier alpha value is -2.16. The third kappa shape index (κ3) is 2.31. The minimum atomic E-state index is -0.242. The quantitative estimate of drug-likeness (QED) is 0.927. The van der Waals surface area contributed by atoms with Gasteiger partial charge in [-0.15, -0.1) is 0 Å². The van der Waals surface area contributed by atoms with Crippen LogP contribution in [0, 0.1) is 0 Å². The highest BCUT2D eigenvalue weighted by atomic mass is 16.2. The molecule has 3 nitrogen and oxygen atoms in total. The molecule has 1 amide bonds. The van der Waals surface area contributed by atoms with Gasteiger partial charge in [0.2, 0.25) is 5.91 Å². The van der Waals surface area contributed by atoms with Crippen LogP contribution >= 0.6 is 0 Å². The number of nitrogens with one attached hydrogen (secondary N) is 1. The largest absolute Gasteiger partial charge is 0.352 e. The van der Waals surface area contributed by atoms with Crippen molar-refractivity contribution >= 4 is 5.91 Å². The van der Waals surface area contributed by atoms with Gasteiger partial charge in [-0.25, -0.2) is 0 Å². The number of pyridine rings is 1. The number of amides is 1. The highest BCUT2D eigenvalue weighted by Gasteiger charge is 2.45. The van der Waals surface area contributed by atoms with Crippen molar-refractivity contribution in [3.05, 3.63) is 66.0 Å². The number of aromatic nitrogens is 1. The number of hydrogen-bond donors (Lipinski definition) is 1. The van der Waals surface area contributed by atoms with Gasteiger partial charge in [-0.05, 0) is 24.1 Å². The van der Waals surface area contributed by atoms with Gasteiger partial charge >= 0.3 is 0 Å². The topological polar surface area (TPSA) is 42.0 Å². The summed E-state index contributed by atoms with van der Waals surface area (Å²) in [5.41, 5.74) is 1.98. The highest BCUT2D eigenvalue weighted by molar-refractivity contribution is 5.81. The second-order valence-electron chi connectivity index (χ2n) is 5.62. The molecule has 3 heteroatoms. The summed E-state index contributed by atoms with van der Waals surface area (Å²) in [4.78, 5) is 16.4. The third-order valence-electron chi connectivity index (χ3n) is 4.16. The molecule has 3 rings (SSSR count). The van der Waals surface area contributed by atoms with Crippen molar-refractivity contribution in [2.24, 2.45) is 0 Å². The van der Waals surface area contributed by atoms with E-state index < -0.39 is 0 Å². The molecule has 2 unspecified atom stereocenters. The molecule has 0 saturated carbocycles. The molecule has 1 saturated heterocycles. The summed E-state index contributed by atoms with van der Waals surface area (Å²) in [6.07, 6.45) is 3.13. The minimum Gasteiger partial charge on any atom is -0.352 e. The van der Waals surface area contributed by atoms with Crippen molar-refractivity contribution < 1.29 is 4.79 Å². The zero-order valence-electron chi connectivity index (χ0n) is 11.5. The molecular weight excluding hydrogens is 248 g/mol. The number of hydrogen-bond acceptors (Lipinski definition) is 2. The van der Waals surface area contributed by atoms with E-state index in [1.165, 1.54) is 5.56 Å². The van der Waals surface area contributed by atoms with Crippen molar-refractivity contribution in [3.8, 4) is 0 Å². The van der Waals surface area contributed by atoms with Gasteiger partial charge in [0, 0.05) is 29.8 Å². The predicted octanol–water partition coefficient (Wildman–Crippen LogP) is 2.47. The molecule has 2 aromatic rings. The number of rotatable bonds is 3. The number of benzene rings is 1. The van der Waals surface area contributed by atoms with Crippen molar-refractivity contribution in [1.82, 2.24) is 10.3 Å². The number of nitrogens with zero attached hydrogens (tertiary/aromatic N) is 1. The molecule has 0 aliphatic carbocycles. The van der Waals surface area contributed by atoms with Crippen molar-refractivity contribution in [2.75, 3.05) is 0 Å². The summed E-state index contributed by atoms with van der Waals surface area (Å²) < 4.78 is 0. The zero-order chi connectivity index (χ0) is 14.0. The van der Waals surface area contributed by atoms with E-state index in [4.69, 9.17) is 0 Å². The average molecular weight is 266 g/mol. The summed E-state index contributed by atoms with van der Waals surface area (Å²) in [6.45, 7) is 2.13. The van der Waals surface area contributed by atoms with Crippen molar-refractivity contribution in [3.63, 3.8) is 0 Å². The summed E-state index contributed by atoms with van der Waals surface area (Å²) in [7, 11) is 0. The lowest BCUT2D eigenvalue weighted by molar-refractivity contribution is -0.119. The molecule has 1 aromatic carbocycles. The van der Waals surface area contributed by atoms with Crippen LogP contribution in [0.2, 0.25) is 0 Å². The molecule has 20 heavy (non-hydrogen) atoms. The molecule has 1 aromatic heterocycles. The molecule has 102 valence electrons. The molecule has 2 atom stereocenters. The average Bonchev–Trinajstić information content (AvgIpc) is 2.76. The predicted molar refractivity (Wildman–Crippen MR) is 78.3 cm³/mol. The minimum absolute atomic E-state index is 0.0901.